The Kier molecular flexibility index (Phi) is 2.70. The quantitative estimate of drug-likeness (QED) is 0.657. The molecule has 0 radical (unpaired) electrons. The first-order valence-corrected chi connectivity index (χ1v) is 4.91. The maximum absolute atomic E-state index is 11.3. The first-order valence-electron chi connectivity index (χ1n) is 4.91. The van der Waals surface area contributed by atoms with E-state index in [-0.39, 0.29) is 11.4 Å². The van der Waals surface area contributed by atoms with Crippen molar-refractivity contribution in [3.8, 4) is 17.1 Å². The van der Waals surface area contributed by atoms with Crippen LogP contribution in [0.5, 0.6) is 5.75 Å². The van der Waals surface area contributed by atoms with E-state index in [1.807, 2.05) is 0 Å². The van der Waals surface area contributed by atoms with E-state index in [9.17, 15) is 4.79 Å². The summed E-state index contributed by atoms with van der Waals surface area (Å²) in [5, 5.41) is 0. The van der Waals surface area contributed by atoms with Crippen LogP contribution in [0.15, 0.2) is 29.1 Å². The minimum absolute atomic E-state index is 0.166. The highest BCUT2D eigenvalue weighted by Crippen LogP contribution is 2.26. The summed E-state index contributed by atoms with van der Waals surface area (Å²) in [6, 6.07) is 6.32. The summed E-state index contributed by atoms with van der Waals surface area (Å²) in [7, 11) is 1.52. The number of H-pyrrole nitrogens is 1. The lowest BCUT2D eigenvalue weighted by atomic mass is 10.2. The van der Waals surface area contributed by atoms with Gasteiger partial charge in [-0.15, -0.1) is 0 Å². The van der Waals surface area contributed by atoms with Crippen molar-refractivity contribution in [3.63, 3.8) is 0 Å². The molecular weight excluding hydrogens is 220 g/mol. The van der Waals surface area contributed by atoms with Crippen LogP contribution in [0.25, 0.3) is 11.4 Å². The Morgan fingerprint density at radius 2 is 2.06 bits per heavy atom. The SMILES string of the molecule is COc1cc(-c2nc(N)cc(=O)[nH]2)ccc1N. The Labute approximate surface area is 97.2 Å². The largest absolute Gasteiger partial charge is 0.495 e. The Balaban J connectivity index is 2.56. The highest BCUT2D eigenvalue weighted by atomic mass is 16.5. The van der Waals surface area contributed by atoms with E-state index in [2.05, 4.69) is 9.97 Å². The van der Waals surface area contributed by atoms with Crippen molar-refractivity contribution in [3.05, 3.63) is 34.6 Å². The molecule has 0 aliphatic heterocycles. The van der Waals surface area contributed by atoms with Gasteiger partial charge in [-0.25, -0.2) is 4.98 Å². The summed E-state index contributed by atoms with van der Waals surface area (Å²) < 4.78 is 5.09. The molecule has 6 nitrogen and oxygen atoms in total. The molecule has 1 aromatic carbocycles. The average molecular weight is 232 g/mol. The zero-order valence-corrected chi connectivity index (χ0v) is 9.23. The van der Waals surface area contributed by atoms with Gasteiger partial charge in [0.25, 0.3) is 5.56 Å². The molecule has 1 aromatic heterocycles. The van der Waals surface area contributed by atoms with Gasteiger partial charge in [0.1, 0.15) is 17.4 Å². The number of benzene rings is 1. The van der Waals surface area contributed by atoms with Crippen molar-refractivity contribution in [2.75, 3.05) is 18.6 Å². The lowest BCUT2D eigenvalue weighted by molar-refractivity contribution is 0.417. The molecule has 2 rings (SSSR count). The van der Waals surface area contributed by atoms with E-state index in [4.69, 9.17) is 16.2 Å². The van der Waals surface area contributed by atoms with Crippen LogP contribution in [-0.4, -0.2) is 17.1 Å². The molecule has 0 unspecified atom stereocenters. The Bertz CT molecular complexity index is 607. The van der Waals surface area contributed by atoms with Crippen LogP contribution in [0.3, 0.4) is 0 Å². The summed E-state index contributed by atoms with van der Waals surface area (Å²) in [4.78, 5) is 17.9. The fraction of sp³-hybridized carbons (Fsp3) is 0.0909. The molecule has 6 heteroatoms. The number of aromatic amines is 1. The summed E-state index contributed by atoms with van der Waals surface area (Å²) in [6.45, 7) is 0. The second-order valence-electron chi connectivity index (χ2n) is 3.48. The van der Waals surface area contributed by atoms with Crippen LogP contribution >= 0.6 is 0 Å². The van der Waals surface area contributed by atoms with Gasteiger partial charge >= 0.3 is 0 Å². The second kappa shape index (κ2) is 4.17. The average Bonchev–Trinajstić information content (AvgIpc) is 2.28. The minimum atomic E-state index is -0.303. The van der Waals surface area contributed by atoms with Crippen LogP contribution < -0.4 is 21.8 Å². The third-order valence-corrected chi connectivity index (χ3v) is 2.27. The van der Waals surface area contributed by atoms with Gasteiger partial charge in [-0.3, -0.25) is 4.79 Å². The number of nitrogens with two attached hydrogens (primary N) is 2. The lowest BCUT2D eigenvalue weighted by Gasteiger charge is -2.07. The first-order chi connectivity index (χ1) is 8.10. The monoisotopic (exact) mass is 232 g/mol. The molecule has 88 valence electrons. The van der Waals surface area contributed by atoms with Gasteiger partial charge in [-0.2, -0.15) is 0 Å². The molecule has 0 aliphatic rings. The Morgan fingerprint density at radius 3 is 2.71 bits per heavy atom. The zero-order chi connectivity index (χ0) is 12.4. The number of nitrogens with zero attached hydrogens (tertiary/aromatic N) is 1. The number of ether oxygens (including phenoxy) is 1. The van der Waals surface area contributed by atoms with Crippen LogP contribution in [0.4, 0.5) is 11.5 Å². The third-order valence-electron chi connectivity index (χ3n) is 2.27. The normalized spacial score (nSPS) is 10.2. The number of aromatic nitrogens is 2. The third kappa shape index (κ3) is 2.20. The van der Waals surface area contributed by atoms with Gasteiger partial charge in [0.05, 0.1) is 12.8 Å². The molecule has 1 heterocycles. The Morgan fingerprint density at radius 1 is 1.29 bits per heavy atom. The summed E-state index contributed by atoms with van der Waals surface area (Å²) >= 11 is 0. The maximum Gasteiger partial charge on any atom is 0.253 e. The molecule has 5 N–H and O–H groups in total. The molecule has 0 spiro atoms. The number of hydrogen-bond acceptors (Lipinski definition) is 5. The predicted molar refractivity (Wildman–Crippen MR) is 65.7 cm³/mol. The zero-order valence-electron chi connectivity index (χ0n) is 9.23. The van der Waals surface area contributed by atoms with E-state index in [0.29, 0.717) is 22.8 Å². The maximum atomic E-state index is 11.3. The highest BCUT2D eigenvalue weighted by Gasteiger charge is 2.06. The molecule has 0 fully saturated rings. The standard InChI is InChI=1S/C11H12N4O2/c1-17-8-4-6(2-3-7(8)12)11-14-9(13)5-10(16)15-11/h2-5H,12H2,1H3,(H3,13,14,15,16). The predicted octanol–water partition coefficient (Wildman–Crippen LogP) is 0.610. The molecule has 0 aliphatic carbocycles. The van der Waals surface area contributed by atoms with Crippen molar-refractivity contribution >= 4 is 11.5 Å². The van der Waals surface area contributed by atoms with Crippen molar-refractivity contribution < 1.29 is 4.74 Å². The number of rotatable bonds is 2. The summed E-state index contributed by atoms with van der Waals surface area (Å²) in [5.41, 5.74) is 12.1. The van der Waals surface area contributed by atoms with E-state index < -0.39 is 0 Å². The number of hydrogen-bond donors (Lipinski definition) is 3. The number of anilines is 2. The highest BCUT2D eigenvalue weighted by molar-refractivity contribution is 5.65. The number of nitrogens with one attached hydrogen (secondary N) is 1. The van der Waals surface area contributed by atoms with Crippen molar-refractivity contribution in [1.29, 1.82) is 0 Å². The number of nitrogen functional groups attached to an aromatic ring is 2. The smallest absolute Gasteiger partial charge is 0.253 e. The van der Waals surface area contributed by atoms with Crippen LogP contribution in [0.2, 0.25) is 0 Å². The molecule has 0 amide bonds. The fourth-order valence-electron chi connectivity index (χ4n) is 1.47. The van der Waals surface area contributed by atoms with E-state index in [1.54, 1.807) is 18.2 Å². The molecule has 2 aromatic rings. The van der Waals surface area contributed by atoms with Crippen molar-refractivity contribution in [2.24, 2.45) is 0 Å². The van der Waals surface area contributed by atoms with E-state index >= 15 is 0 Å². The van der Waals surface area contributed by atoms with Crippen LogP contribution in [0, 0.1) is 0 Å². The van der Waals surface area contributed by atoms with Gasteiger partial charge in [0, 0.05) is 11.6 Å². The molecule has 0 bridgehead atoms. The van der Waals surface area contributed by atoms with Gasteiger partial charge in [0.2, 0.25) is 0 Å². The van der Waals surface area contributed by atoms with Crippen LogP contribution in [0.1, 0.15) is 0 Å². The lowest BCUT2D eigenvalue weighted by Crippen LogP contribution is -2.09. The first kappa shape index (κ1) is 11.0. The molecule has 0 saturated carbocycles. The number of methoxy groups -OCH3 is 1. The molecular formula is C11H12N4O2. The molecule has 0 saturated heterocycles. The molecule has 0 atom stereocenters. The topological polar surface area (TPSA) is 107 Å². The van der Waals surface area contributed by atoms with E-state index in [0.717, 1.165) is 0 Å². The van der Waals surface area contributed by atoms with Gasteiger partial charge < -0.3 is 21.2 Å². The van der Waals surface area contributed by atoms with Crippen LogP contribution in [-0.2, 0) is 0 Å². The van der Waals surface area contributed by atoms with Crippen molar-refractivity contribution in [1.82, 2.24) is 9.97 Å². The Hall–Kier alpha value is -2.50. The fourth-order valence-corrected chi connectivity index (χ4v) is 1.47. The van der Waals surface area contributed by atoms with Gasteiger partial charge in [-0.1, -0.05) is 0 Å². The van der Waals surface area contributed by atoms with Gasteiger partial charge in [0.15, 0.2) is 0 Å². The van der Waals surface area contributed by atoms with Gasteiger partial charge in [-0.05, 0) is 18.2 Å². The second-order valence-corrected chi connectivity index (χ2v) is 3.48. The van der Waals surface area contributed by atoms with Crippen molar-refractivity contribution in [2.45, 2.75) is 0 Å². The van der Waals surface area contributed by atoms with E-state index in [1.165, 1.54) is 13.2 Å². The molecule has 17 heavy (non-hydrogen) atoms. The minimum Gasteiger partial charge on any atom is -0.495 e. The summed E-state index contributed by atoms with van der Waals surface area (Å²) in [5.74, 6) is 1.07. The summed E-state index contributed by atoms with van der Waals surface area (Å²) in [6.07, 6.45) is 0.